The van der Waals surface area contributed by atoms with Crippen molar-refractivity contribution in [1.82, 2.24) is 9.47 Å². The van der Waals surface area contributed by atoms with E-state index in [-0.39, 0.29) is 18.4 Å². The molecule has 0 unspecified atom stereocenters. The summed E-state index contributed by atoms with van der Waals surface area (Å²) in [5.74, 6) is 0.466. The van der Waals surface area contributed by atoms with Crippen molar-refractivity contribution in [2.75, 3.05) is 33.4 Å². The van der Waals surface area contributed by atoms with Gasteiger partial charge in [-0.1, -0.05) is 13.8 Å². The Labute approximate surface area is 149 Å². The SMILES string of the molecule is CCN(CC)CCOC(=O)c1c(C)n(C)c2ccc(OC)cc12.[Cl-]. The van der Waals surface area contributed by atoms with Crippen LogP contribution in [0.2, 0.25) is 0 Å². The number of nitrogens with zero attached hydrogens (tertiary/aromatic N) is 2. The van der Waals surface area contributed by atoms with Crippen molar-refractivity contribution in [2.24, 2.45) is 7.05 Å². The fourth-order valence-electron chi connectivity index (χ4n) is 2.82. The second-order valence-electron chi connectivity index (χ2n) is 5.57. The summed E-state index contributed by atoms with van der Waals surface area (Å²) < 4.78 is 12.8. The number of likely N-dealkylation sites (N-methyl/N-ethyl adjacent to an activating group) is 1. The van der Waals surface area contributed by atoms with Crippen molar-refractivity contribution in [3.63, 3.8) is 0 Å². The molecule has 24 heavy (non-hydrogen) atoms. The van der Waals surface area contributed by atoms with E-state index in [4.69, 9.17) is 9.47 Å². The number of rotatable bonds is 7. The van der Waals surface area contributed by atoms with Gasteiger partial charge in [0.25, 0.3) is 0 Å². The number of aryl methyl sites for hydroxylation is 1. The van der Waals surface area contributed by atoms with E-state index in [2.05, 4.69) is 18.7 Å². The third kappa shape index (κ3) is 4.02. The maximum Gasteiger partial charge on any atom is 0.340 e. The average molecular weight is 354 g/mol. The van der Waals surface area contributed by atoms with E-state index in [1.54, 1.807) is 7.11 Å². The predicted octanol–water partition coefficient (Wildman–Crippen LogP) is -0.00208. The van der Waals surface area contributed by atoms with Gasteiger partial charge in [0.2, 0.25) is 0 Å². The number of carbonyl (C=O) groups is 1. The number of hydrogen-bond acceptors (Lipinski definition) is 4. The van der Waals surface area contributed by atoms with Gasteiger partial charge in [-0.05, 0) is 38.2 Å². The number of ether oxygens (including phenoxy) is 2. The van der Waals surface area contributed by atoms with Gasteiger partial charge in [0.05, 0.1) is 12.7 Å². The van der Waals surface area contributed by atoms with E-state index in [9.17, 15) is 4.79 Å². The molecule has 1 heterocycles. The molecule has 0 saturated heterocycles. The Morgan fingerprint density at radius 2 is 1.92 bits per heavy atom. The highest BCUT2D eigenvalue weighted by Gasteiger charge is 2.20. The van der Waals surface area contributed by atoms with Crippen molar-refractivity contribution < 1.29 is 26.7 Å². The van der Waals surface area contributed by atoms with E-state index in [1.165, 1.54) is 0 Å². The molecule has 0 aliphatic carbocycles. The van der Waals surface area contributed by atoms with Crippen LogP contribution in [-0.4, -0.2) is 48.8 Å². The van der Waals surface area contributed by atoms with Crippen LogP contribution in [-0.2, 0) is 11.8 Å². The monoisotopic (exact) mass is 353 g/mol. The number of fused-ring (bicyclic) bond motifs is 1. The molecule has 2 rings (SSSR count). The Balaban J connectivity index is 0.00000288. The highest BCUT2D eigenvalue weighted by Crippen LogP contribution is 2.29. The highest BCUT2D eigenvalue weighted by atomic mass is 35.5. The van der Waals surface area contributed by atoms with Crippen LogP contribution in [0.15, 0.2) is 18.2 Å². The van der Waals surface area contributed by atoms with Crippen molar-refractivity contribution in [3.05, 3.63) is 29.5 Å². The van der Waals surface area contributed by atoms with Crippen LogP contribution >= 0.6 is 0 Å². The zero-order valence-electron chi connectivity index (χ0n) is 15.1. The molecule has 0 atom stereocenters. The van der Waals surface area contributed by atoms with Crippen LogP contribution in [0.25, 0.3) is 10.9 Å². The molecule has 1 aromatic heterocycles. The minimum atomic E-state index is -0.270. The average Bonchev–Trinajstić information content (AvgIpc) is 2.82. The Morgan fingerprint density at radius 1 is 1.25 bits per heavy atom. The fraction of sp³-hybridized carbons (Fsp3) is 0.500. The third-order valence-electron chi connectivity index (χ3n) is 4.44. The molecule has 0 saturated carbocycles. The molecule has 0 aliphatic rings. The van der Waals surface area contributed by atoms with Crippen molar-refractivity contribution >= 4 is 16.9 Å². The predicted molar refractivity (Wildman–Crippen MR) is 92.3 cm³/mol. The van der Waals surface area contributed by atoms with Gasteiger partial charge in [0.15, 0.2) is 0 Å². The first-order chi connectivity index (χ1) is 11.0. The van der Waals surface area contributed by atoms with Gasteiger partial charge in [0, 0.05) is 30.2 Å². The van der Waals surface area contributed by atoms with Gasteiger partial charge in [-0.25, -0.2) is 4.79 Å². The van der Waals surface area contributed by atoms with Crippen LogP contribution in [0.4, 0.5) is 0 Å². The molecule has 0 aliphatic heterocycles. The number of halogens is 1. The molecule has 134 valence electrons. The summed E-state index contributed by atoms with van der Waals surface area (Å²) in [5.41, 5.74) is 2.53. The number of carbonyl (C=O) groups excluding carboxylic acids is 1. The smallest absolute Gasteiger partial charge is 0.340 e. The van der Waals surface area contributed by atoms with E-state index in [0.29, 0.717) is 12.2 Å². The van der Waals surface area contributed by atoms with Crippen LogP contribution in [0.3, 0.4) is 0 Å². The summed E-state index contributed by atoms with van der Waals surface area (Å²) in [5, 5.41) is 0.872. The second kappa shape index (κ2) is 8.94. The van der Waals surface area contributed by atoms with Gasteiger partial charge < -0.3 is 31.3 Å². The zero-order chi connectivity index (χ0) is 17.0. The lowest BCUT2D eigenvalue weighted by Gasteiger charge is -2.17. The molecule has 6 heteroatoms. The number of methoxy groups -OCH3 is 1. The first-order valence-electron chi connectivity index (χ1n) is 8.05. The summed E-state index contributed by atoms with van der Waals surface area (Å²) in [7, 11) is 3.58. The molecule has 0 radical (unpaired) electrons. The zero-order valence-corrected chi connectivity index (χ0v) is 15.8. The number of hydrogen-bond donors (Lipinski definition) is 0. The molecule has 2 aromatic rings. The van der Waals surface area contributed by atoms with Gasteiger partial charge in [-0.15, -0.1) is 0 Å². The Hall–Kier alpha value is -1.72. The highest BCUT2D eigenvalue weighted by molar-refractivity contribution is 6.06. The van der Waals surface area contributed by atoms with E-state index in [0.717, 1.165) is 42.0 Å². The lowest BCUT2D eigenvalue weighted by Crippen LogP contribution is -3.00. The lowest BCUT2D eigenvalue weighted by molar-refractivity contribution is -0.0000244. The summed E-state index contributed by atoms with van der Waals surface area (Å²) in [4.78, 5) is 14.8. The maximum absolute atomic E-state index is 12.6. The van der Waals surface area contributed by atoms with Crippen molar-refractivity contribution in [2.45, 2.75) is 20.8 Å². The molecular formula is C18H26ClN2O3-. The molecule has 0 N–H and O–H groups in total. The molecular weight excluding hydrogens is 328 g/mol. The Kier molecular flexibility index (Phi) is 7.58. The largest absolute Gasteiger partial charge is 1.00 e. The van der Waals surface area contributed by atoms with Crippen LogP contribution in [0.1, 0.15) is 29.9 Å². The van der Waals surface area contributed by atoms with Gasteiger partial charge in [-0.3, -0.25) is 0 Å². The minimum Gasteiger partial charge on any atom is -1.00 e. The summed E-state index contributed by atoms with van der Waals surface area (Å²) in [6.07, 6.45) is 0. The summed E-state index contributed by atoms with van der Waals surface area (Å²) in [6.45, 7) is 9.22. The molecule has 5 nitrogen and oxygen atoms in total. The van der Waals surface area contributed by atoms with Crippen LogP contribution in [0.5, 0.6) is 5.75 Å². The summed E-state index contributed by atoms with van der Waals surface area (Å²) >= 11 is 0. The topological polar surface area (TPSA) is 43.7 Å². The van der Waals surface area contributed by atoms with Crippen LogP contribution < -0.4 is 17.1 Å². The standard InChI is InChI=1S/C18H26N2O3.ClH/c1-6-20(7-2)10-11-23-18(21)17-13(3)19(4)16-9-8-14(22-5)12-15(16)17;/h8-9,12H,6-7,10-11H2,1-5H3;1H/p-1. The van der Waals surface area contributed by atoms with Crippen LogP contribution in [0, 0.1) is 6.92 Å². The second-order valence-corrected chi connectivity index (χ2v) is 5.57. The minimum absolute atomic E-state index is 0. The first kappa shape index (κ1) is 20.3. The van der Waals surface area contributed by atoms with Gasteiger partial charge in [-0.2, -0.15) is 0 Å². The van der Waals surface area contributed by atoms with Crippen molar-refractivity contribution in [1.29, 1.82) is 0 Å². The van der Waals surface area contributed by atoms with Gasteiger partial charge in [0.1, 0.15) is 12.4 Å². The fourth-order valence-corrected chi connectivity index (χ4v) is 2.82. The van der Waals surface area contributed by atoms with E-state index < -0.39 is 0 Å². The molecule has 0 fully saturated rings. The molecule has 0 spiro atoms. The number of esters is 1. The Morgan fingerprint density at radius 3 is 2.50 bits per heavy atom. The summed E-state index contributed by atoms with van der Waals surface area (Å²) in [6, 6.07) is 5.76. The normalized spacial score (nSPS) is 10.8. The Bertz CT molecular complexity index is 693. The van der Waals surface area contributed by atoms with Gasteiger partial charge >= 0.3 is 5.97 Å². The maximum atomic E-state index is 12.6. The van der Waals surface area contributed by atoms with Crippen molar-refractivity contribution in [3.8, 4) is 5.75 Å². The number of benzene rings is 1. The third-order valence-corrected chi connectivity index (χ3v) is 4.44. The van der Waals surface area contributed by atoms with E-state index >= 15 is 0 Å². The van der Waals surface area contributed by atoms with E-state index in [1.807, 2.05) is 36.7 Å². The molecule has 0 bridgehead atoms. The lowest BCUT2D eigenvalue weighted by atomic mass is 10.1. The molecule has 1 aromatic carbocycles. The number of aromatic nitrogens is 1. The first-order valence-corrected chi connectivity index (χ1v) is 8.05. The quantitative estimate of drug-likeness (QED) is 0.657. The molecule has 0 amide bonds.